The summed E-state index contributed by atoms with van der Waals surface area (Å²) in [5.41, 5.74) is 8.35. The molecule has 0 spiro atoms. The third-order valence-corrected chi connectivity index (χ3v) is 4.95. The van der Waals surface area contributed by atoms with E-state index in [9.17, 15) is 9.59 Å². The monoisotopic (exact) mass is 336 g/mol. The lowest BCUT2D eigenvalue weighted by Crippen LogP contribution is -2.21. The van der Waals surface area contributed by atoms with Crippen molar-refractivity contribution in [2.75, 3.05) is 19.8 Å². The van der Waals surface area contributed by atoms with Crippen LogP contribution in [0.3, 0.4) is 0 Å². The first kappa shape index (κ1) is 16.5. The number of carbonyl (C=O) groups excluding carboxylic acids is 2. The molecule has 2 rings (SSSR count). The Morgan fingerprint density at radius 3 is 2.41 bits per heavy atom. The molecule has 1 heterocycles. The fraction of sp³-hybridized carbons (Fsp3) is 0.250. The lowest BCUT2D eigenvalue weighted by Gasteiger charge is -2.09. The molecular weight excluding hydrogens is 320 g/mol. The molecule has 22 heavy (non-hydrogen) atoms. The Kier molecular flexibility index (Phi) is 4.58. The molecule has 2 aromatic rings. The predicted molar refractivity (Wildman–Crippen MR) is 91.1 cm³/mol. The number of hydrogen-bond donors (Lipinski definition) is 1. The van der Waals surface area contributed by atoms with Crippen molar-refractivity contribution in [3.63, 3.8) is 0 Å². The lowest BCUT2D eigenvalue weighted by atomic mass is 9.99. The molecule has 0 radical (unpaired) electrons. The second-order valence-corrected chi connectivity index (χ2v) is 6.75. The summed E-state index contributed by atoms with van der Waals surface area (Å²) in [5, 5.41) is 0.968. The van der Waals surface area contributed by atoms with Gasteiger partial charge < -0.3 is 10.6 Å². The number of ketones is 1. The van der Waals surface area contributed by atoms with Crippen molar-refractivity contribution < 1.29 is 9.59 Å². The molecule has 6 heteroatoms. The third-order valence-electron chi connectivity index (χ3n) is 3.42. The molecular formula is C16H17ClN2O2S. The van der Waals surface area contributed by atoms with Crippen LogP contribution in [0.25, 0.3) is 0 Å². The normalized spacial score (nSPS) is 10.6. The number of thiophene rings is 1. The van der Waals surface area contributed by atoms with Gasteiger partial charge in [0.1, 0.15) is 0 Å². The van der Waals surface area contributed by atoms with Crippen molar-refractivity contribution >= 4 is 39.6 Å². The summed E-state index contributed by atoms with van der Waals surface area (Å²) in [6.45, 7) is 3.59. The van der Waals surface area contributed by atoms with E-state index in [1.165, 1.54) is 4.90 Å². The first-order valence-electron chi connectivity index (χ1n) is 6.65. The first-order valence-corrected chi connectivity index (χ1v) is 7.84. The molecule has 0 aliphatic carbocycles. The SMILES string of the molecule is Cc1cc(C(=O)c2c(N)sc(C(=O)N(C)C)c2C)ccc1Cl. The number of nitrogen functional groups attached to an aromatic ring is 1. The molecule has 0 bridgehead atoms. The number of halogens is 1. The Hall–Kier alpha value is -1.85. The molecule has 0 atom stereocenters. The number of hydrogen-bond acceptors (Lipinski definition) is 4. The number of nitrogens with zero attached hydrogens (tertiary/aromatic N) is 1. The van der Waals surface area contributed by atoms with Gasteiger partial charge in [-0.15, -0.1) is 11.3 Å². The fourth-order valence-electron chi connectivity index (χ4n) is 2.16. The van der Waals surface area contributed by atoms with Gasteiger partial charge in [-0.1, -0.05) is 11.6 Å². The fourth-order valence-corrected chi connectivity index (χ4v) is 3.37. The minimum absolute atomic E-state index is 0.152. The largest absolute Gasteiger partial charge is 0.390 e. The van der Waals surface area contributed by atoms with Crippen LogP contribution in [0.5, 0.6) is 0 Å². The molecule has 1 aromatic heterocycles. The van der Waals surface area contributed by atoms with Crippen LogP contribution in [-0.4, -0.2) is 30.7 Å². The minimum atomic E-state index is -0.191. The van der Waals surface area contributed by atoms with Gasteiger partial charge in [0, 0.05) is 24.7 Å². The van der Waals surface area contributed by atoms with E-state index in [4.69, 9.17) is 17.3 Å². The highest BCUT2D eigenvalue weighted by atomic mass is 35.5. The van der Waals surface area contributed by atoms with Crippen LogP contribution in [0.2, 0.25) is 5.02 Å². The Balaban J connectivity index is 2.50. The maximum Gasteiger partial charge on any atom is 0.263 e. The zero-order chi connectivity index (χ0) is 16.6. The van der Waals surface area contributed by atoms with Crippen LogP contribution in [0.4, 0.5) is 5.00 Å². The maximum absolute atomic E-state index is 12.7. The molecule has 0 saturated heterocycles. The average molecular weight is 337 g/mol. The van der Waals surface area contributed by atoms with E-state index in [0.29, 0.717) is 31.6 Å². The van der Waals surface area contributed by atoms with Gasteiger partial charge in [-0.2, -0.15) is 0 Å². The summed E-state index contributed by atoms with van der Waals surface area (Å²) in [6.07, 6.45) is 0. The summed E-state index contributed by atoms with van der Waals surface area (Å²) in [7, 11) is 3.34. The van der Waals surface area contributed by atoms with Crippen LogP contribution >= 0.6 is 22.9 Å². The zero-order valence-electron chi connectivity index (χ0n) is 12.9. The summed E-state index contributed by atoms with van der Waals surface area (Å²) in [6, 6.07) is 5.09. The smallest absolute Gasteiger partial charge is 0.263 e. The van der Waals surface area contributed by atoms with E-state index in [2.05, 4.69) is 0 Å². The van der Waals surface area contributed by atoms with Crippen LogP contribution in [0.1, 0.15) is 36.7 Å². The second-order valence-electron chi connectivity index (χ2n) is 5.29. The zero-order valence-corrected chi connectivity index (χ0v) is 14.4. The van der Waals surface area contributed by atoms with E-state index in [1.807, 2.05) is 6.92 Å². The topological polar surface area (TPSA) is 63.4 Å². The summed E-state index contributed by atoms with van der Waals surface area (Å²) in [4.78, 5) is 26.8. The van der Waals surface area contributed by atoms with Gasteiger partial charge in [0.25, 0.3) is 5.91 Å². The lowest BCUT2D eigenvalue weighted by molar-refractivity contribution is 0.0831. The molecule has 0 aliphatic heterocycles. The molecule has 0 unspecified atom stereocenters. The average Bonchev–Trinajstić information content (AvgIpc) is 2.75. The number of aryl methyl sites for hydroxylation is 1. The number of nitrogens with two attached hydrogens (primary N) is 1. The Morgan fingerprint density at radius 1 is 1.23 bits per heavy atom. The van der Waals surface area contributed by atoms with Crippen LogP contribution in [0, 0.1) is 13.8 Å². The highest BCUT2D eigenvalue weighted by molar-refractivity contribution is 7.18. The number of carbonyl (C=O) groups is 2. The van der Waals surface area contributed by atoms with Gasteiger partial charge in [0.2, 0.25) is 0 Å². The van der Waals surface area contributed by atoms with E-state index >= 15 is 0 Å². The third kappa shape index (κ3) is 2.87. The number of benzene rings is 1. The van der Waals surface area contributed by atoms with Gasteiger partial charge in [-0.05, 0) is 43.2 Å². The van der Waals surface area contributed by atoms with Crippen LogP contribution < -0.4 is 5.73 Å². The van der Waals surface area contributed by atoms with Crippen molar-refractivity contribution in [3.8, 4) is 0 Å². The Bertz CT molecular complexity index is 766. The summed E-state index contributed by atoms with van der Waals surface area (Å²) in [5.74, 6) is -0.343. The number of rotatable bonds is 3. The number of anilines is 1. The Morgan fingerprint density at radius 2 is 1.86 bits per heavy atom. The van der Waals surface area contributed by atoms with Crippen molar-refractivity contribution in [2.24, 2.45) is 0 Å². The van der Waals surface area contributed by atoms with Gasteiger partial charge in [-0.3, -0.25) is 9.59 Å². The molecule has 1 amide bonds. The van der Waals surface area contributed by atoms with Gasteiger partial charge >= 0.3 is 0 Å². The molecule has 0 aliphatic rings. The summed E-state index contributed by atoms with van der Waals surface area (Å²) < 4.78 is 0. The quantitative estimate of drug-likeness (QED) is 0.872. The molecule has 0 fully saturated rings. The standard InChI is InChI=1S/C16H17ClN2O2S/c1-8-7-10(5-6-11(8)17)13(20)12-9(2)14(22-15(12)18)16(21)19(3)4/h5-7H,18H2,1-4H3. The predicted octanol–water partition coefficient (Wildman–Crippen LogP) is 3.53. The molecule has 0 saturated carbocycles. The van der Waals surface area contributed by atoms with Crippen molar-refractivity contribution in [1.29, 1.82) is 0 Å². The highest BCUT2D eigenvalue weighted by Crippen LogP contribution is 2.33. The van der Waals surface area contributed by atoms with Crippen LogP contribution in [-0.2, 0) is 0 Å². The van der Waals surface area contributed by atoms with E-state index in [-0.39, 0.29) is 11.7 Å². The van der Waals surface area contributed by atoms with E-state index in [0.717, 1.165) is 16.9 Å². The van der Waals surface area contributed by atoms with Crippen LogP contribution in [0.15, 0.2) is 18.2 Å². The molecule has 4 nitrogen and oxygen atoms in total. The Labute approximate surface area is 138 Å². The van der Waals surface area contributed by atoms with Crippen molar-refractivity contribution in [1.82, 2.24) is 4.90 Å². The number of amides is 1. The van der Waals surface area contributed by atoms with Crippen molar-refractivity contribution in [2.45, 2.75) is 13.8 Å². The van der Waals surface area contributed by atoms with Gasteiger partial charge in [0.05, 0.1) is 15.4 Å². The van der Waals surface area contributed by atoms with Gasteiger partial charge in [0.15, 0.2) is 5.78 Å². The highest BCUT2D eigenvalue weighted by Gasteiger charge is 2.25. The molecule has 1 aromatic carbocycles. The maximum atomic E-state index is 12.7. The van der Waals surface area contributed by atoms with Crippen molar-refractivity contribution in [3.05, 3.63) is 50.4 Å². The van der Waals surface area contributed by atoms with E-state index in [1.54, 1.807) is 39.2 Å². The van der Waals surface area contributed by atoms with Gasteiger partial charge in [-0.25, -0.2) is 0 Å². The molecule has 116 valence electrons. The molecule has 2 N–H and O–H groups in total. The van der Waals surface area contributed by atoms with E-state index < -0.39 is 0 Å². The first-order chi connectivity index (χ1) is 10.2. The minimum Gasteiger partial charge on any atom is -0.390 e. The summed E-state index contributed by atoms with van der Waals surface area (Å²) >= 11 is 7.14. The second kappa shape index (κ2) is 6.10.